The Hall–Kier alpha value is -2.95. The fourth-order valence-electron chi connectivity index (χ4n) is 3.49. The summed E-state index contributed by atoms with van der Waals surface area (Å²) in [5.41, 5.74) is 3.66. The summed E-state index contributed by atoms with van der Waals surface area (Å²) < 4.78 is 6.11. The van der Waals surface area contributed by atoms with Crippen molar-refractivity contribution in [3.63, 3.8) is 0 Å². The quantitative estimate of drug-likeness (QED) is 0.431. The molecule has 3 aromatic rings. The average molecular weight is 377 g/mol. The van der Waals surface area contributed by atoms with E-state index in [4.69, 9.17) is 4.74 Å². The SMILES string of the molecule is CN=C(NCCc1c[nH]c2ccccc12)NCc1ccccc1OC1CCC1. The van der Waals surface area contributed by atoms with Gasteiger partial charge in [0.2, 0.25) is 0 Å². The lowest BCUT2D eigenvalue weighted by molar-refractivity contribution is 0.119. The van der Waals surface area contributed by atoms with Crippen LogP contribution in [0.15, 0.2) is 59.7 Å². The Morgan fingerprint density at radius 3 is 2.71 bits per heavy atom. The lowest BCUT2D eigenvalue weighted by atomic mass is 9.96. The Kier molecular flexibility index (Phi) is 5.80. The van der Waals surface area contributed by atoms with Crippen LogP contribution in [0.4, 0.5) is 0 Å². The standard InChI is InChI=1S/C23H28N4O/c1-24-23(25-14-13-17-15-26-21-11-4-3-10-20(17)21)27-16-18-7-2-5-12-22(18)28-19-8-6-9-19/h2-5,7,10-12,15,19,26H,6,8-9,13-14,16H2,1H3,(H2,24,25,27). The summed E-state index contributed by atoms with van der Waals surface area (Å²) in [5, 5.41) is 8.10. The van der Waals surface area contributed by atoms with Crippen molar-refractivity contribution in [1.82, 2.24) is 15.6 Å². The number of H-pyrrole nitrogens is 1. The zero-order valence-electron chi connectivity index (χ0n) is 16.4. The minimum atomic E-state index is 0.384. The molecule has 1 saturated carbocycles. The van der Waals surface area contributed by atoms with Crippen LogP contribution in [-0.2, 0) is 13.0 Å². The molecule has 0 amide bonds. The molecule has 0 spiro atoms. The van der Waals surface area contributed by atoms with Crippen molar-refractivity contribution in [2.75, 3.05) is 13.6 Å². The molecule has 5 heteroatoms. The molecule has 0 aliphatic heterocycles. The molecule has 0 radical (unpaired) electrons. The van der Waals surface area contributed by atoms with Crippen molar-refractivity contribution in [2.24, 2.45) is 4.99 Å². The molecule has 146 valence electrons. The fourth-order valence-corrected chi connectivity index (χ4v) is 3.49. The van der Waals surface area contributed by atoms with Gasteiger partial charge in [0.1, 0.15) is 5.75 Å². The number of rotatable bonds is 7. The first-order valence-corrected chi connectivity index (χ1v) is 10.1. The van der Waals surface area contributed by atoms with E-state index in [0.29, 0.717) is 12.6 Å². The van der Waals surface area contributed by atoms with E-state index in [0.717, 1.165) is 30.2 Å². The minimum absolute atomic E-state index is 0.384. The summed E-state index contributed by atoms with van der Waals surface area (Å²) in [6.45, 7) is 1.51. The van der Waals surface area contributed by atoms with E-state index >= 15 is 0 Å². The Labute approximate surface area is 166 Å². The van der Waals surface area contributed by atoms with E-state index in [1.807, 2.05) is 6.07 Å². The highest BCUT2D eigenvalue weighted by atomic mass is 16.5. The summed E-state index contributed by atoms with van der Waals surface area (Å²) in [6.07, 6.45) is 7.02. The third-order valence-corrected chi connectivity index (χ3v) is 5.35. The molecule has 1 aliphatic carbocycles. The van der Waals surface area contributed by atoms with Gasteiger partial charge in [-0.15, -0.1) is 0 Å². The van der Waals surface area contributed by atoms with Crippen LogP contribution in [0.2, 0.25) is 0 Å². The second-order valence-electron chi connectivity index (χ2n) is 7.24. The van der Waals surface area contributed by atoms with Crippen LogP contribution in [0.25, 0.3) is 10.9 Å². The second-order valence-corrected chi connectivity index (χ2v) is 7.24. The van der Waals surface area contributed by atoms with Gasteiger partial charge in [-0.05, 0) is 43.4 Å². The molecular formula is C23H28N4O. The molecule has 1 heterocycles. The van der Waals surface area contributed by atoms with Gasteiger partial charge in [-0.1, -0.05) is 36.4 Å². The number of aliphatic imine (C=N–C) groups is 1. The highest BCUT2D eigenvalue weighted by Crippen LogP contribution is 2.27. The Bertz CT molecular complexity index is 942. The molecule has 0 atom stereocenters. The first kappa shape index (κ1) is 18.4. The lowest BCUT2D eigenvalue weighted by Gasteiger charge is -2.27. The van der Waals surface area contributed by atoms with Crippen LogP contribution in [0.1, 0.15) is 30.4 Å². The Morgan fingerprint density at radius 2 is 1.89 bits per heavy atom. The van der Waals surface area contributed by atoms with Crippen LogP contribution >= 0.6 is 0 Å². The second kappa shape index (κ2) is 8.83. The molecule has 2 aromatic carbocycles. The minimum Gasteiger partial charge on any atom is -0.490 e. The Morgan fingerprint density at radius 1 is 1.07 bits per heavy atom. The number of aromatic nitrogens is 1. The molecule has 4 rings (SSSR count). The molecule has 1 aliphatic rings. The van der Waals surface area contributed by atoms with Gasteiger partial charge < -0.3 is 20.4 Å². The van der Waals surface area contributed by atoms with Gasteiger partial charge in [0.25, 0.3) is 0 Å². The van der Waals surface area contributed by atoms with Crippen LogP contribution in [-0.4, -0.2) is 30.6 Å². The first-order chi connectivity index (χ1) is 13.8. The highest BCUT2D eigenvalue weighted by Gasteiger charge is 2.20. The maximum absolute atomic E-state index is 6.11. The van der Waals surface area contributed by atoms with Gasteiger partial charge in [-0.2, -0.15) is 0 Å². The van der Waals surface area contributed by atoms with Gasteiger partial charge in [0.15, 0.2) is 5.96 Å². The number of nitrogens with one attached hydrogen (secondary N) is 3. The number of guanidine groups is 1. The molecule has 0 unspecified atom stereocenters. The monoisotopic (exact) mass is 376 g/mol. The molecule has 0 saturated heterocycles. The average Bonchev–Trinajstić information content (AvgIpc) is 3.11. The summed E-state index contributed by atoms with van der Waals surface area (Å²) in [5.74, 6) is 1.78. The zero-order chi connectivity index (χ0) is 19.2. The largest absolute Gasteiger partial charge is 0.490 e. The predicted octanol–water partition coefficient (Wildman–Crippen LogP) is 4.01. The van der Waals surface area contributed by atoms with Crippen LogP contribution in [0, 0.1) is 0 Å². The van der Waals surface area contributed by atoms with E-state index < -0.39 is 0 Å². The number of aromatic amines is 1. The van der Waals surface area contributed by atoms with Gasteiger partial charge in [-0.3, -0.25) is 4.99 Å². The van der Waals surface area contributed by atoms with E-state index in [1.165, 1.54) is 35.7 Å². The molecular weight excluding hydrogens is 348 g/mol. The van der Waals surface area contributed by atoms with E-state index in [2.05, 4.69) is 69.3 Å². The number of fused-ring (bicyclic) bond motifs is 1. The van der Waals surface area contributed by atoms with Crippen molar-refractivity contribution < 1.29 is 4.74 Å². The number of hydrogen-bond acceptors (Lipinski definition) is 2. The van der Waals surface area contributed by atoms with E-state index in [9.17, 15) is 0 Å². The molecule has 1 aromatic heterocycles. The van der Waals surface area contributed by atoms with Crippen molar-refractivity contribution >= 4 is 16.9 Å². The predicted molar refractivity (Wildman–Crippen MR) is 115 cm³/mol. The van der Waals surface area contributed by atoms with Gasteiger partial charge in [-0.25, -0.2) is 0 Å². The smallest absolute Gasteiger partial charge is 0.191 e. The van der Waals surface area contributed by atoms with Crippen LogP contribution in [0.5, 0.6) is 5.75 Å². The topological polar surface area (TPSA) is 61.4 Å². The summed E-state index contributed by atoms with van der Waals surface area (Å²) in [6, 6.07) is 16.7. The number of nitrogens with zero attached hydrogens (tertiary/aromatic N) is 1. The Balaban J connectivity index is 1.29. The van der Waals surface area contributed by atoms with Gasteiger partial charge in [0.05, 0.1) is 6.10 Å². The van der Waals surface area contributed by atoms with E-state index in [-0.39, 0.29) is 0 Å². The summed E-state index contributed by atoms with van der Waals surface area (Å²) in [4.78, 5) is 7.68. The van der Waals surface area contributed by atoms with Crippen molar-refractivity contribution in [2.45, 2.75) is 38.3 Å². The molecule has 0 bridgehead atoms. The normalized spacial score (nSPS) is 14.7. The number of hydrogen-bond donors (Lipinski definition) is 3. The maximum Gasteiger partial charge on any atom is 0.191 e. The number of ether oxygens (including phenoxy) is 1. The van der Waals surface area contributed by atoms with E-state index in [1.54, 1.807) is 7.05 Å². The van der Waals surface area contributed by atoms with Gasteiger partial charge in [0, 0.05) is 42.8 Å². The number of para-hydroxylation sites is 2. The molecule has 28 heavy (non-hydrogen) atoms. The van der Waals surface area contributed by atoms with Crippen LogP contribution in [0.3, 0.4) is 0 Å². The summed E-state index contributed by atoms with van der Waals surface area (Å²) >= 11 is 0. The van der Waals surface area contributed by atoms with Crippen molar-refractivity contribution in [1.29, 1.82) is 0 Å². The summed E-state index contributed by atoms with van der Waals surface area (Å²) in [7, 11) is 1.80. The number of benzene rings is 2. The van der Waals surface area contributed by atoms with Crippen molar-refractivity contribution in [3.05, 3.63) is 65.9 Å². The van der Waals surface area contributed by atoms with Crippen LogP contribution < -0.4 is 15.4 Å². The molecule has 1 fully saturated rings. The van der Waals surface area contributed by atoms with Gasteiger partial charge >= 0.3 is 0 Å². The van der Waals surface area contributed by atoms with Crippen molar-refractivity contribution in [3.8, 4) is 5.75 Å². The highest BCUT2D eigenvalue weighted by molar-refractivity contribution is 5.83. The molecule has 5 nitrogen and oxygen atoms in total. The molecule has 3 N–H and O–H groups in total. The fraction of sp³-hybridized carbons (Fsp3) is 0.348. The lowest BCUT2D eigenvalue weighted by Crippen LogP contribution is -2.38. The first-order valence-electron chi connectivity index (χ1n) is 10.1. The zero-order valence-corrected chi connectivity index (χ0v) is 16.4. The maximum atomic E-state index is 6.11. The third kappa shape index (κ3) is 4.30. The third-order valence-electron chi connectivity index (χ3n) is 5.35.